The van der Waals surface area contributed by atoms with Crippen molar-refractivity contribution in [2.24, 2.45) is 0 Å². The molecule has 8 heteroatoms. The van der Waals surface area contributed by atoms with Crippen molar-refractivity contribution in [1.29, 1.82) is 0 Å². The van der Waals surface area contributed by atoms with E-state index in [2.05, 4.69) is 0 Å². The molecule has 0 unspecified atom stereocenters. The molecular weight excluding hydrogens is 346 g/mol. The van der Waals surface area contributed by atoms with Gasteiger partial charge in [-0.1, -0.05) is 0 Å². The molecule has 0 saturated heterocycles. The topological polar surface area (TPSA) is 93.9 Å². The number of anilines is 1. The Morgan fingerprint density at radius 3 is 2.72 bits per heavy atom. The zero-order chi connectivity index (χ0) is 18.2. The average molecular weight is 363 g/mol. The summed E-state index contributed by atoms with van der Waals surface area (Å²) in [6.07, 6.45) is 3.02. The Morgan fingerprint density at radius 1 is 1.32 bits per heavy atom. The number of benzene rings is 1. The zero-order valence-corrected chi connectivity index (χ0v) is 14.6. The molecule has 25 heavy (non-hydrogen) atoms. The quantitative estimate of drug-likeness (QED) is 0.596. The molecule has 1 atom stereocenters. The summed E-state index contributed by atoms with van der Waals surface area (Å²) in [7, 11) is -3.38. The molecule has 0 amide bonds. The molecule has 0 bridgehead atoms. The first-order valence-corrected chi connectivity index (χ1v) is 9.48. The summed E-state index contributed by atoms with van der Waals surface area (Å²) in [4.78, 5) is 23.9. The first-order chi connectivity index (χ1) is 11.8. The highest BCUT2D eigenvalue weighted by Crippen LogP contribution is 2.34. The maximum absolute atomic E-state index is 12.2. The van der Waals surface area contributed by atoms with Crippen molar-refractivity contribution in [3.8, 4) is 0 Å². The molecule has 2 heterocycles. The Kier molecular flexibility index (Phi) is 4.38. The van der Waals surface area contributed by atoms with Crippen LogP contribution in [0.2, 0.25) is 0 Å². The number of carbonyl (C=O) groups is 2. The molecule has 1 aromatic carbocycles. The number of ether oxygens (including phenoxy) is 1. The fourth-order valence-electron chi connectivity index (χ4n) is 2.96. The lowest BCUT2D eigenvalue weighted by Crippen LogP contribution is -2.34. The first-order valence-electron chi connectivity index (χ1n) is 7.63. The van der Waals surface area contributed by atoms with Crippen LogP contribution in [0.5, 0.6) is 0 Å². The molecule has 7 nitrogen and oxygen atoms in total. The second kappa shape index (κ2) is 6.36. The zero-order valence-electron chi connectivity index (χ0n) is 13.8. The third kappa shape index (κ3) is 3.43. The minimum absolute atomic E-state index is 0.0272. The van der Waals surface area contributed by atoms with Crippen molar-refractivity contribution in [1.82, 2.24) is 0 Å². The van der Waals surface area contributed by atoms with Gasteiger partial charge in [0, 0.05) is 11.6 Å². The predicted octanol–water partition coefficient (Wildman–Crippen LogP) is 2.03. The van der Waals surface area contributed by atoms with E-state index in [0.717, 1.165) is 11.8 Å². The summed E-state index contributed by atoms with van der Waals surface area (Å²) in [6, 6.07) is 7.60. The number of nitrogens with zero attached hydrogens (tertiary/aromatic N) is 1. The summed E-state index contributed by atoms with van der Waals surface area (Å²) >= 11 is 0. The molecule has 0 radical (unpaired) electrons. The van der Waals surface area contributed by atoms with Gasteiger partial charge >= 0.3 is 5.97 Å². The highest BCUT2D eigenvalue weighted by molar-refractivity contribution is 7.92. The van der Waals surface area contributed by atoms with Crippen molar-refractivity contribution in [2.45, 2.75) is 19.4 Å². The van der Waals surface area contributed by atoms with E-state index in [1.54, 1.807) is 18.2 Å². The van der Waals surface area contributed by atoms with E-state index < -0.39 is 22.6 Å². The molecule has 0 fully saturated rings. The largest absolute Gasteiger partial charge is 0.457 e. The number of ketones is 1. The molecular formula is C17H17NO6S. The third-order valence-corrected chi connectivity index (χ3v) is 5.24. The van der Waals surface area contributed by atoms with Gasteiger partial charge in [-0.15, -0.1) is 0 Å². The Hall–Kier alpha value is -2.61. The Balaban J connectivity index is 1.73. The highest BCUT2D eigenvalue weighted by Gasteiger charge is 2.32. The standard InChI is InChI=1S/C17H17NO6S/c1-11-8-13-9-12(5-6-14(13)18(11)25(2,21)22)15(19)10-24-17(20)16-4-3-7-23-16/h3-7,9,11H,8,10H2,1-2H3/t11-/m1/s1. The number of sulfonamides is 1. The normalized spacial score (nSPS) is 16.6. The monoisotopic (exact) mass is 363 g/mol. The van der Waals surface area contributed by atoms with Crippen LogP contribution in [0.3, 0.4) is 0 Å². The van der Waals surface area contributed by atoms with Gasteiger partial charge in [-0.25, -0.2) is 13.2 Å². The van der Waals surface area contributed by atoms with Crippen LogP contribution in [0, 0.1) is 0 Å². The Bertz CT molecular complexity index is 917. The van der Waals surface area contributed by atoms with Crippen LogP contribution >= 0.6 is 0 Å². The smallest absolute Gasteiger partial charge is 0.374 e. The molecule has 2 aromatic rings. The van der Waals surface area contributed by atoms with Crippen molar-refractivity contribution in [2.75, 3.05) is 17.2 Å². The van der Waals surface area contributed by atoms with Gasteiger partial charge < -0.3 is 9.15 Å². The van der Waals surface area contributed by atoms with E-state index in [-0.39, 0.29) is 17.6 Å². The SMILES string of the molecule is C[C@@H]1Cc2cc(C(=O)COC(=O)c3ccco3)ccc2N1S(C)(=O)=O. The van der Waals surface area contributed by atoms with E-state index >= 15 is 0 Å². The highest BCUT2D eigenvalue weighted by atomic mass is 32.2. The minimum Gasteiger partial charge on any atom is -0.457 e. The minimum atomic E-state index is -3.38. The summed E-state index contributed by atoms with van der Waals surface area (Å²) in [5.41, 5.74) is 1.73. The number of hydrogen-bond donors (Lipinski definition) is 0. The van der Waals surface area contributed by atoms with Crippen LogP contribution in [-0.4, -0.2) is 39.1 Å². The van der Waals surface area contributed by atoms with Gasteiger partial charge in [0.05, 0.1) is 18.2 Å². The molecule has 132 valence electrons. The number of furan rings is 1. The van der Waals surface area contributed by atoms with Gasteiger partial charge in [-0.05, 0) is 49.2 Å². The van der Waals surface area contributed by atoms with Crippen molar-refractivity contribution in [3.05, 3.63) is 53.5 Å². The van der Waals surface area contributed by atoms with Crippen LogP contribution in [0.4, 0.5) is 5.69 Å². The van der Waals surface area contributed by atoms with E-state index in [0.29, 0.717) is 17.7 Å². The molecule has 0 N–H and O–H groups in total. The third-order valence-electron chi connectivity index (χ3n) is 3.97. The van der Waals surface area contributed by atoms with E-state index in [9.17, 15) is 18.0 Å². The number of hydrogen-bond acceptors (Lipinski definition) is 6. The number of esters is 1. The maximum Gasteiger partial charge on any atom is 0.374 e. The lowest BCUT2D eigenvalue weighted by atomic mass is 10.0. The van der Waals surface area contributed by atoms with E-state index in [1.807, 2.05) is 6.92 Å². The van der Waals surface area contributed by atoms with Crippen molar-refractivity contribution in [3.63, 3.8) is 0 Å². The predicted molar refractivity (Wildman–Crippen MR) is 90.3 cm³/mol. The van der Waals surface area contributed by atoms with Crippen LogP contribution < -0.4 is 4.31 Å². The lowest BCUT2D eigenvalue weighted by Gasteiger charge is -2.21. The van der Waals surface area contributed by atoms with Gasteiger partial charge in [-0.3, -0.25) is 9.10 Å². The summed E-state index contributed by atoms with van der Waals surface area (Å²) < 4.78 is 35.0. The van der Waals surface area contributed by atoms with Crippen molar-refractivity contribution >= 4 is 27.5 Å². The van der Waals surface area contributed by atoms with Gasteiger partial charge in [0.1, 0.15) is 0 Å². The summed E-state index contributed by atoms with van der Waals surface area (Å²) in [6.45, 7) is 1.40. The van der Waals surface area contributed by atoms with Crippen LogP contribution in [0.15, 0.2) is 41.0 Å². The van der Waals surface area contributed by atoms with Gasteiger partial charge in [-0.2, -0.15) is 0 Å². The molecule has 0 spiro atoms. The molecule has 1 aliphatic heterocycles. The average Bonchev–Trinajstić information content (AvgIpc) is 3.17. The molecule has 3 rings (SSSR count). The second-order valence-corrected chi connectivity index (χ2v) is 7.79. The number of carbonyl (C=O) groups excluding carboxylic acids is 2. The number of Topliss-reactive ketones (excluding diaryl/α,β-unsaturated/α-hetero) is 1. The van der Waals surface area contributed by atoms with Gasteiger partial charge in [0.2, 0.25) is 15.8 Å². The fourth-order valence-corrected chi connectivity index (χ4v) is 4.23. The molecule has 1 aliphatic rings. The Morgan fingerprint density at radius 2 is 2.08 bits per heavy atom. The molecule has 1 aromatic heterocycles. The van der Waals surface area contributed by atoms with Crippen LogP contribution in [0.25, 0.3) is 0 Å². The lowest BCUT2D eigenvalue weighted by molar-refractivity contribution is 0.0444. The van der Waals surface area contributed by atoms with E-state index in [4.69, 9.17) is 9.15 Å². The van der Waals surface area contributed by atoms with Crippen LogP contribution in [-0.2, 0) is 21.2 Å². The Labute approximate surface area is 145 Å². The second-order valence-electron chi connectivity index (χ2n) is 5.93. The summed E-state index contributed by atoms with van der Waals surface area (Å²) in [5, 5.41) is 0. The van der Waals surface area contributed by atoms with Gasteiger partial charge in [0.15, 0.2) is 12.4 Å². The first kappa shape index (κ1) is 17.2. The number of rotatable bonds is 5. The summed E-state index contributed by atoms with van der Waals surface area (Å²) in [5.74, 6) is -1.05. The maximum atomic E-state index is 12.2. The van der Waals surface area contributed by atoms with Crippen LogP contribution in [0.1, 0.15) is 33.4 Å². The molecule has 0 saturated carbocycles. The van der Waals surface area contributed by atoms with Gasteiger partial charge in [0.25, 0.3) is 0 Å². The number of fused-ring (bicyclic) bond motifs is 1. The van der Waals surface area contributed by atoms with Crippen molar-refractivity contribution < 1.29 is 27.2 Å². The van der Waals surface area contributed by atoms with E-state index in [1.165, 1.54) is 22.7 Å². The fraction of sp³-hybridized carbons (Fsp3) is 0.294. The molecule has 0 aliphatic carbocycles.